The Labute approximate surface area is 116 Å². The second-order valence-corrected chi connectivity index (χ2v) is 4.87. The molecule has 0 amide bonds. The van der Waals surface area contributed by atoms with Gasteiger partial charge in [-0.2, -0.15) is 5.26 Å². The van der Waals surface area contributed by atoms with E-state index in [1.54, 1.807) is 0 Å². The number of hydrogen-bond acceptors (Lipinski definition) is 4. The van der Waals surface area contributed by atoms with Crippen LogP contribution in [0.15, 0.2) is 18.3 Å². The molecule has 0 spiro atoms. The number of nitriles is 1. The number of nitrogens with zero attached hydrogens (tertiary/aromatic N) is 3. The van der Waals surface area contributed by atoms with E-state index in [0.717, 1.165) is 30.9 Å². The van der Waals surface area contributed by atoms with Crippen molar-refractivity contribution in [1.82, 2.24) is 10.3 Å². The molecule has 1 rings (SSSR count). The summed E-state index contributed by atoms with van der Waals surface area (Å²) < 4.78 is 0. The average molecular weight is 260 g/mol. The topological polar surface area (TPSA) is 52.0 Å². The summed E-state index contributed by atoms with van der Waals surface area (Å²) in [6, 6.07) is 6.72. The lowest BCUT2D eigenvalue weighted by Crippen LogP contribution is -2.24. The van der Waals surface area contributed by atoms with Crippen molar-refractivity contribution in [2.75, 3.05) is 25.0 Å². The van der Waals surface area contributed by atoms with Gasteiger partial charge in [0.25, 0.3) is 0 Å². The Hall–Kier alpha value is -1.60. The van der Waals surface area contributed by atoms with E-state index in [1.165, 1.54) is 0 Å². The van der Waals surface area contributed by atoms with Gasteiger partial charge in [0, 0.05) is 19.6 Å². The molecule has 1 N–H and O–H groups in total. The van der Waals surface area contributed by atoms with Gasteiger partial charge in [0.2, 0.25) is 0 Å². The van der Waals surface area contributed by atoms with Crippen LogP contribution in [0.25, 0.3) is 0 Å². The van der Waals surface area contributed by atoms with Crippen molar-refractivity contribution >= 4 is 5.69 Å². The predicted molar refractivity (Wildman–Crippen MR) is 79.0 cm³/mol. The van der Waals surface area contributed by atoms with Crippen molar-refractivity contribution in [2.24, 2.45) is 5.92 Å². The third-order valence-electron chi connectivity index (χ3n) is 3.20. The van der Waals surface area contributed by atoms with Crippen molar-refractivity contribution in [3.05, 3.63) is 24.0 Å². The van der Waals surface area contributed by atoms with Crippen LogP contribution in [0.3, 0.4) is 0 Å². The summed E-state index contributed by atoms with van der Waals surface area (Å²) in [6.07, 6.45) is 2.92. The first-order chi connectivity index (χ1) is 9.12. The molecule has 0 radical (unpaired) electrons. The van der Waals surface area contributed by atoms with Gasteiger partial charge in [-0.3, -0.25) is 4.98 Å². The fourth-order valence-corrected chi connectivity index (χ4v) is 2.09. The number of aromatic nitrogens is 1. The number of nitrogens with one attached hydrogen (secondary N) is 1. The van der Waals surface area contributed by atoms with Gasteiger partial charge in [-0.15, -0.1) is 0 Å². The Morgan fingerprint density at radius 2 is 2.16 bits per heavy atom. The second kappa shape index (κ2) is 7.75. The number of anilines is 1. The molecular formula is C15H24N4. The van der Waals surface area contributed by atoms with Crippen LogP contribution in [0.2, 0.25) is 0 Å². The summed E-state index contributed by atoms with van der Waals surface area (Å²) in [5.74, 6) is 0.0230. The van der Waals surface area contributed by atoms with Crippen LogP contribution in [0, 0.1) is 17.2 Å². The molecular weight excluding hydrogens is 236 g/mol. The van der Waals surface area contributed by atoms with Gasteiger partial charge in [-0.1, -0.05) is 13.8 Å². The van der Waals surface area contributed by atoms with Gasteiger partial charge in [0.05, 0.1) is 29.6 Å². The zero-order valence-electron chi connectivity index (χ0n) is 12.3. The molecule has 0 aliphatic carbocycles. The summed E-state index contributed by atoms with van der Waals surface area (Å²) in [6.45, 7) is 7.86. The molecule has 0 saturated carbocycles. The van der Waals surface area contributed by atoms with Crippen molar-refractivity contribution in [3.8, 4) is 6.07 Å². The molecule has 0 saturated heterocycles. The average Bonchev–Trinajstić information content (AvgIpc) is 2.44. The van der Waals surface area contributed by atoms with Crippen molar-refractivity contribution < 1.29 is 0 Å². The highest BCUT2D eigenvalue weighted by Gasteiger charge is 2.11. The van der Waals surface area contributed by atoms with Gasteiger partial charge in [-0.05, 0) is 32.0 Å². The van der Waals surface area contributed by atoms with E-state index < -0.39 is 0 Å². The molecule has 1 heterocycles. The standard InChI is InChI=1S/C15H24N4/c1-5-14(17-6-2)15-8-7-13(10-18-15)19(4)11-12(3)9-16/h7-8,10,12,14,17H,5-6,11H2,1-4H3. The number of pyridine rings is 1. The third kappa shape index (κ3) is 4.53. The van der Waals surface area contributed by atoms with Crippen LogP contribution in [0.5, 0.6) is 0 Å². The van der Waals surface area contributed by atoms with Crippen LogP contribution >= 0.6 is 0 Å². The van der Waals surface area contributed by atoms with Crippen LogP contribution in [0.1, 0.15) is 38.9 Å². The second-order valence-electron chi connectivity index (χ2n) is 4.87. The van der Waals surface area contributed by atoms with Crippen LogP contribution in [0.4, 0.5) is 5.69 Å². The van der Waals surface area contributed by atoms with Crippen LogP contribution in [-0.4, -0.2) is 25.1 Å². The smallest absolute Gasteiger partial charge is 0.0671 e. The fourth-order valence-electron chi connectivity index (χ4n) is 2.09. The SMILES string of the molecule is CCNC(CC)c1ccc(N(C)CC(C)C#N)cn1. The zero-order valence-corrected chi connectivity index (χ0v) is 12.3. The Morgan fingerprint density at radius 1 is 1.42 bits per heavy atom. The van der Waals surface area contributed by atoms with Crippen molar-refractivity contribution in [2.45, 2.75) is 33.2 Å². The molecule has 2 atom stereocenters. The highest BCUT2D eigenvalue weighted by molar-refractivity contribution is 5.44. The molecule has 0 bridgehead atoms. The van der Waals surface area contributed by atoms with E-state index in [1.807, 2.05) is 20.2 Å². The third-order valence-corrected chi connectivity index (χ3v) is 3.20. The Balaban J connectivity index is 2.73. The van der Waals surface area contributed by atoms with Crippen LogP contribution < -0.4 is 10.2 Å². The van der Waals surface area contributed by atoms with Crippen molar-refractivity contribution in [1.29, 1.82) is 5.26 Å². The lowest BCUT2D eigenvalue weighted by molar-refractivity contribution is 0.525. The Kier molecular flexibility index (Phi) is 6.31. The van der Waals surface area contributed by atoms with E-state index in [2.05, 4.69) is 47.3 Å². The summed E-state index contributed by atoms with van der Waals surface area (Å²) in [4.78, 5) is 6.60. The Morgan fingerprint density at radius 3 is 2.63 bits per heavy atom. The highest BCUT2D eigenvalue weighted by atomic mass is 15.1. The van der Waals surface area contributed by atoms with E-state index in [-0.39, 0.29) is 5.92 Å². The zero-order chi connectivity index (χ0) is 14.3. The molecule has 19 heavy (non-hydrogen) atoms. The van der Waals surface area contributed by atoms with E-state index >= 15 is 0 Å². The summed E-state index contributed by atoms with van der Waals surface area (Å²) >= 11 is 0. The normalized spacial score (nSPS) is 13.6. The van der Waals surface area contributed by atoms with Gasteiger partial charge in [0.15, 0.2) is 0 Å². The van der Waals surface area contributed by atoms with E-state index in [4.69, 9.17) is 5.26 Å². The predicted octanol–water partition coefficient (Wildman–Crippen LogP) is 2.74. The minimum absolute atomic E-state index is 0.0230. The maximum Gasteiger partial charge on any atom is 0.0671 e. The largest absolute Gasteiger partial charge is 0.372 e. The first kappa shape index (κ1) is 15.5. The molecule has 1 aromatic heterocycles. The lowest BCUT2D eigenvalue weighted by atomic mass is 10.1. The Bertz CT molecular complexity index is 407. The fraction of sp³-hybridized carbons (Fsp3) is 0.600. The van der Waals surface area contributed by atoms with Gasteiger partial charge >= 0.3 is 0 Å². The lowest BCUT2D eigenvalue weighted by Gasteiger charge is -2.21. The molecule has 0 aliphatic heterocycles. The molecule has 4 nitrogen and oxygen atoms in total. The van der Waals surface area contributed by atoms with Gasteiger partial charge in [-0.25, -0.2) is 0 Å². The molecule has 0 fully saturated rings. The minimum Gasteiger partial charge on any atom is -0.372 e. The highest BCUT2D eigenvalue weighted by Crippen LogP contribution is 2.18. The first-order valence-corrected chi connectivity index (χ1v) is 6.92. The molecule has 1 aromatic rings. The summed E-state index contributed by atoms with van der Waals surface area (Å²) in [5, 5.41) is 12.3. The van der Waals surface area contributed by atoms with E-state index in [0.29, 0.717) is 6.04 Å². The maximum absolute atomic E-state index is 8.84. The maximum atomic E-state index is 8.84. The van der Waals surface area contributed by atoms with Crippen LogP contribution in [-0.2, 0) is 0 Å². The van der Waals surface area contributed by atoms with E-state index in [9.17, 15) is 0 Å². The minimum atomic E-state index is 0.0230. The van der Waals surface area contributed by atoms with Gasteiger partial charge in [0.1, 0.15) is 0 Å². The molecule has 2 unspecified atom stereocenters. The van der Waals surface area contributed by atoms with Gasteiger partial charge < -0.3 is 10.2 Å². The first-order valence-electron chi connectivity index (χ1n) is 6.92. The molecule has 0 aromatic carbocycles. The summed E-state index contributed by atoms with van der Waals surface area (Å²) in [7, 11) is 1.99. The molecule has 4 heteroatoms. The summed E-state index contributed by atoms with van der Waals surface area (Å²) in [5.41, 5.74) is 2.13. The molecule has 104 valence electrons. The number of rotatable bonds is 7. The quantitative estimate of drug-likeness (QED) is 0.819. The van der Waals surface area contributed by atoms with Crippen molar-refractivity contribution in [3.63, 3.8) is 0 Å². The molecule has 0 aliphatic rings. The monoisotopic (exact) mass is 260 g/mol. The number of hydrogen-bond donors (Lipinski definition) is 1.